The first-order valence-corrected chi connectivity index (χ1v) is 6.83. The maximum Gasteiger partial charge on any atom is 0.332 e. The van der Waals surface area contributed by atoms with Crippen LogP contribution in [0.25, 0.3) is 0 Å². The van der Waals surface area contributed by atoms with Crippen LogP contribution in [0.2, 0.25) is 5.28 Å². The minimum atomic E-state index is -0.444. The van der Waals surface area contributed by atoms with Crippen molar-refractivity contribution < 1.29 is 9.66 Å². The molecule has 0 N–H and O–H groups in total. The summed E-state index contributed by atoms with van der Waals surface area (Å²) < 4.78 is 5.17. The first-order valence-electron chi connectivity index (χ1n) is 6.45. The molecule has 20 heavy (non-hydrogen) atoms. The van der Waals surface area contributed by atoms with E-state index in [-0.39, 0.29) is 11.0 Å². The van der Waals surface area contributed by atoms with Crippen molar-refractivity contribution in [3.8, 4) is 0 Å². The Kier molecular flexibility index (Phi) is 4.72. The van der Waals surface area contributed by atoms with E-state index in [1.807, 2.05) is 4.90 Å². The lowest BCUT2D eigenvalue weighted by Crippen LogP contribution is -2.38. The summed E-state index contributed by atoms with van der Waals surface area (Å²) in [7, 11) is 1.66. The fraction of sp³-hybridized carbons (Fsp3) is 0.667. The fourth-order valence-corrected chi connectivity index (χ4v) is 2.79. The van der Waals surface area contributed by atoms with Gasteiger partial charge < -0.3 is 9.64 Å². The smallest absolute Gasteiger partial charge is 0.332 e. The molecule has 1 unspecified atom stereocenters. The number of halogens is 1. The summed E-state index contributed by atoms with van der Waals surface area (Å²) in [4.78, 5) is 20.6. The van der Waals surface area contributed by atoms with Gasteiger partial charge in [0.2, 0.25) is 11.1 Å². The van der Waals surface area contributed by atoms with E-state index >= 15 is 0 Å². The average molecular weight is 301 g/mol. The Morgan fingerprint density at radius 3 is 2.95 bits per heavy atom. The zero-order valence-corrected chi connectivity index (χ0v) is 12.3. The van der Waals surface area contributed by atoms with Crippen LogP contribution in [-0.4, -0.2) is 41.7 Å². The predicted octanol–water partition coefficient (Wildman–Crippen LogP) is 2.21. The van der Waals surface area contributed by atoms with Crippen molar-refractivity contribution in [2.75, 3.05) is 31.7 Å². The van der Waals surface area contributed by atoms with E-state index < -0.39 is 4.92 Å². The number of hydrogen-bond acceptors (Lipinski definition) is 6. The van der Waals surface area contributed by atoms with Gasteiger partial charge in [-0.15, -0.1) is 0 Å². The van der Waals surface area contributed by atoms with Crippen molar-refractivity contribution >= 4 is 23.1 Å². The van der Waals surface area contributed by atoms with Gasteiger partial charge in [0, 0.05) is 20.2 Å². The van der Waals surface area contributed by atoms with Crippen LogP contribution in [0, 0.1) is 23.0 Å². The van der Waals surface area contributed by atoms with Crippen molar-refractivity contribution in [2.45, 2.75) is 19.8 Å². The average Bonchev–Trinajstić information content (AvgIpc) is 2.38. The molecule has 1 aromatic heterocycles. The Labute approximate surface area is 122 Å². The highest BCUT2D eigenvalue weighted by molar-refractivity contribution is 6.28. The molecule has 2 rings (SSSR count). The minimum Gasteiger partial charge on any atom is -0.384 e. The second kappa shape index (κ2) is 6.32. The number of piperidine rings is 1. The molecule has 110 valence electrons. The monoisotopic (exact) mass is 300 g/mol. The molecule has 1 fully saturated rings. The highest BCUT2D eigenvalue weighted by Crippen LogP contribution is 2.32. The van der Waals surface area contributed by atoms with Crippen LogP contribution in [0.3, 0.4) is 0 Å². The summed E-state index contributed by atoms with van der Waals surface area (Å²) in [5, 5.41) is 11.3. The summed E-state index contributed by atoms with van der Waals surface area (Å²) >= 11 is 5.85. The van der Waals surface area contributed by atoms with Gasteiger partial charge in [0.05, 0.1) is 11.5 Å². The standard InChI is InChI=1S/C12H17ClN4O3/c1-8-10(17(18)19)11(15-12(13)14-8)16-5-3-4-9(6-16)7-20-2/h9H,3-7H2,1-2H3. The van der Waals surface area contributed by atoms with E-state index in [2.05, 4.69) is 9.97 Å². The summed E-state index contributed by atoms with van der Waals surface area (Å²) in [6.07, 6.45) is 2.00. The maximum absolute atomic E-state index is 11.2. The number of aryl methyl sites for hydroxylation is 1. The van der Waals surface area contributed by atoms with Gasteiger partial charge in [-0.2, -0.15) is 4.98 Å². The first kappa shape index (κ1) is 14.9. The van der Waals surface area contributed by atoms with E-state index in [1.165, 1.54) is 0 Å². The Balaban J connectivity index is 2.33. The number of nitrogens with zero attached hydrogens (tertiary/aromatic N) is 4. The molecule has 0 aromatic carbocycles. The van der Waals surface area contributed by atoms with Crippen LogP contribution < -0.4 is 4.90 Å². The van der Waals surface area contributed by atoms with Gasteiger partial charge in [0.25, 0.3) is 0 Å². The molecule has 1 aromatic rings. The lowest BCUT2D eigenvalue weighted by atomic mass is 9.99. The molecule has 1 atom stereocenters. The minimum absolute atomic E-state index is 0.0389. The lowest BCUT2D eigenvalue weighted by molar-refractivity contribution is -0.385. The number of hydrogen-bond donors (Lipinski definition) is 0. The van der Waals surface area contributed by atoms with Crippen LogP contribution in [-0.2, 0) is 4.74 Å². The third kappa shape index (κ3) is 3.16. The Hall–Kier alpha value is -1.47. The van der Waals surface area contributed by atoms with Gasteiger partial charge in [-0.1, -0.05) is 0 Å². The van der Waals surface area contributed by atoms with Gasteiger partial charge >= 0.3 is 5.69 Å². The van der Waals surface area contributed by atoms with E-state index in [1.54, 1.807) is 14.0 Å². The summed E-state index contributed by atoms with van der Waals surface area (Å²) in [5.74, 6) is 0.663. The number of nitro groups is 1. The molecule has 0 radical (unpaired) electrons. The number of rotatable bonds is 4. The van der Waals surface area contributed by atoms with Crippen LogP contribution in [0.4, 0.5) is 11.5 Å². The largest absolute Gasteiger partial charge is 0.384 e. The molecule has 7 nitrogen and oxygen atoms in total. The van der Waals surface area contributed by atoms with Crippen LogP contribution in [0.15, 0.2) is 0 Å². The van der Waals surface area contributed by atoms with E-state index in [0.29, 0.717) is 30.6 Å². The van der Waals surface area contributed by atoms with Gasteiger partial charge in [-0.3, -0.25) is 10.1 Å². The van der Waals surface area contributed by atoms with E-state index in [0.717, 1.165) is 19.4 Å². The molecule has 0 amide bonds. The lowest BCUT2D eigenvalue weighted by Gasteiger charge is -2.32. The summed E-state index contributed by atoms with van der Waals surface area (Å²) in [5.41, 5.74) is 0.228. The third-order valence-electron chi connectivity index (χ3n) is 3.42. The molecule has 0 aliphatic carbocycles. The zero-order valence-electron chi connectivity index (χ0n) is 11.5. The second-order valence-corrected chi connectivity index (χ2v) is 5.26. The van der Waals surface area contributed by atoms with Crippen molar-refractivity contribution in [1.82, 2.24) is 9.97 Å². The van der Waals surface area contributed by atoms with Gasteiger partial charge in [-0.05, 0) is 37.3 Å². The first-order chi connectivity index (χ1) is 9.52. The van der Waals surface area contributed by atoms with Crippen molar-refractivity contribution in [3.05, 3.63) is 21.1 Å². The zero-order chi connectivity index (χ0) is 14.7. The molecule has 0 saturated carbocycles. The number of aromatic nitrogens is 2. The van der Waals surface area contributed by atoms with Gasteiger partial charge in [0.1, 0.15) is 5.69 Å². The van der Waals surface area contributed by atoms with Gasteiger partial charge in [-0.25, -0.2) is 4.98 Å². The molecule has 8 heteroatoms. The third-order valence-corrected chi connectivity index (χ3v) is 3.59. The number of anilines is 1. The van der Waals surface area contributed by atoms with Crippen LogP contribution in [0.1, 0.15) is 18.5 Å². The molecule has 2 heterocycles. The normalized spacial score (nSPS) is 19.1. The van der Waals surface area contributed by atoms with Crippen molar-refractivity contribution in [1.29, 1.82) is 0 Å². The molecular formula is C12H17ClN4O3. The number of ether oxygens (including phenoxy) is 1. The van der Waals surface area contributed by atoms with E-state index in [9.17, 15) is 10.1 Å². The van der Waals surface area contributed by atoms with E-state index in [4.69, 9.17) is 16.3 Å². The van der Waals surface area contributed by atoms with Crippen LogP contribution >= 0.6 is 11.6 Å². The highest BCUT2D eigenvalue weighted by Gasteiger charge is 2.29. The molecule has 1 aliphatic heterocycles. The maximum atomic E-state index is 11.2. The molecule has 1 aliphatic rings. The number of methoxy groups -OCH3 is 1. The quantitative estimate of drug-likeness (QED) is 0.482. The van der Waals surface area contributed by atoms with Gasteiger partial charge in [0.15, 0.2) is 0 Å². The Morgan fingerprint density at radius 2 is 2.30 bits per heavy atom. The Bertz CT molecular complexity index is 510. The SMILES string of the molecule is COCC1CCCN(c2nc(Cl)nc(C)c2[N+](=O)[O-])C1. The van der Waals surface area contributed by atoms with Crippen LogP contribution in [0.5, 0.6) is 0 Å². The molecular weight excluding hydrogens is 284 g/mol. The summed E-state index contributed by atoms with van der Waals surface area (Å²) in [6, 6.07) is 0. The van der Waals surface area contributed by atoms with Crippen molar-refractivity contribution in [3.63, 3.8) is 0 Å². The predicted molar refractivity (Wildman–Crippen MR) is 75.2 cm³/mol. The molecule has 0 spiro atoms. The second-order valence-electron chi connectivity index (χ2n) is 4.92. The fourth-order valence-electron chi connectivity index (χ4n) is 2.58. The summed E-state index contributed by atoms with van der Waals surface area (Å²) in [6.45, 7) is 3.63. The molecule has 1 saturated heterocycles. The highest BCUT2D eigenvalue weighted by atomic mass is 35.5. The van der Waals surface area contributed by atoms with Crippen molar-refractivity contribution in [2.24, 2.45) is 5.92 Å². The Morgan fingerprint density at radius 1 is 1.55 bits per heavy atom. The molecule has 0 bridgehead atoms. The topological polar surface area (TPSA) is 81.4 Å².